The number of unbranched alkanes of at least 4 members (excludes halogenated alkanes) is 1. The largest absolute Gasteiger partial charge is 0.481 e. The van der Waals surface area contributed by atoms with E-state index in [9.17, 15) is 35.1 Å². The zero-order valence-corrected chi connectivity index (χ0v) is 26.9. The van der Waals surface area contributed by atoms with Crippen molar-refractivity contribution < 1.29 is 49.7 Å². The molecule has 0 bridgehead atoms. The summed E-state index contributed by atoms with van der Waals surface area (Å²) in [6.07, 6.45) is 0.570. The molecule has 10 nitrogen and oxygen atoms in total. The predicted octanol–water partition coefficient (Wildman–Crippen LogP) is 3.63. The van der Waals surface area contributed by atoms with Gasteiger partial charge in [0.2, 0.25) is 0 Å². The number of carboxylic acids is 1. The molecule has 1 aromatic carbocycles. The van der Waals surface area contributed by atoms with Gasteiger partial charge in [-0.1, -0.05) is 68.0 Å². The number of fused-ring (bicyclic) bond motifs is 1. The van der Waals surface area contributed by atoms with Crippen molar-refractivity contribution in [3.05, 3.63) is 58.5 Å². The van der Waals surface area contributed by atoms with Crippen molar-refractivity contribution in [1.82, 2.24) is 0 Å². The van der Waals surface area contributed by atoms with Gasteiger partial charge in [0.05, 0.1) is 29.3 Å². The lowest BCUT2D eigenvalue weighted by molar-refractivity contribution is -0.307. The fourth-order valence-corrected chi connectivity index (χ4v) is 7.59. The molecule has 0 amide bonds. The van der Waals surface area contributed by atoms with Crippen LogP contribution < -0.4 is 0 Å². The molecule has 2 aromatic rings. The first-order valence-corrected chi connectivity index (χ1v) is 16.5. The minimum Gasteiger partial charge on any atom is -0.481 e. The Hall–Kier alpha value is -2.19. The monoisotopic (exact) mass is 666 g/mol. The maximum atomic E-state index is 13.4. The number of ether oxygens (including phenoxy) is 2. The number of ketones is 1. The van der Waals surface area contributed by atoms with Gasteiger partial charge in [-0.3, -0.25) is 9.59 Å². The quantitative estimate of drug-likeness (QED) is 0.129. The third-order valence-corrected chi connectivity index (χ3v) is 10.6. The van der Waals surface area contributed by atoms with Crippen LogP contribution in [0.15, 0.2) is 48.6 Å². The Morgan fingerprint density at radius 2 is 1.87 bits per heavy atom. The molecule has 9 atom stereocenters. The number of aliphatic hydroxyl groups is 5. The zero-order chi connectivity index (χ0) is 32.9. The first-order chi connectivity index (χ1) is 21.4. The summed E-state index contributed by atoms with van der Waals surface area (Å²) in [7, 11) is 0. The predicted molar refractivity (Wildman–Crippen MR) is 170 cm³/mol. The molecule has 1 saturated carbocycles. The van der Waals surface area contributed by atoms with Gasteiger partial charge < -0.3 is 40.1 Å². The maximum Gasteiger partial charge on any atom is 0.303 e. The van der Waals surface area contributed by atoms with Gasteiger partial charge in [-0.25, -0.2) is 0 Å². The van der Waals surface area contributed by atoms with Crippen LogP contribution in [0.2, 0.25) is 5.02 Å². The van der Waals surface area contributed by atoms with Crippen molar-refractivity contribution in [2.75, 3.05) is 6.61 Å². The number of Topliss-reactive ketones (excluding diaryl/α,β-unsaturated/α-hetero) is 1. The highest BCUT2D eigenvalue weighted by molar-refractivity contribution is 7.19. The number of benzene rings is 1. The third kappa shape index (κ3) is 8.22. The molecule has 0 spiro atoms. The Morgan fingerprint density at radius 1 is 1.13 bits per heavy atom. The number of aryl methyl sites for hydroxylation is 1. The van der Waals surface area contributed by atoms with Crippen LogP contribution >= 0.6 is 22.9 Å². The highest BCUT2D eigenvalue weighted by Crippen LogP contribution is 2.45. The number of hydrogen-bond acceptors (Lipinski definition) is 10. The van der Waals surface area contributed by atoms with Crippen molar-refractivity contribution in [3.63, 3.8) is 0 Å². The van der Waals surface area contributed by atoms with Gasteiger partial charge in [-0.05, 0) is 38.2 Å². The van der Waals surface area contributed by atoms with Crippen molar-refractivity contribution in [2.24, 2.45) is 17.3 Å². The number of hydrogen-bond donors (Lipinski definition) is 6. The van der Waals surface area contributed by atoms with Gasteiger partial charge in [0, 0.05) is 33.2 Å². The van der Waals surface area contributed by atoms with Crippen LogP contribution in [0.5, 0.6) is 0 Å². The summed E-state index contributed by atoms with van der Waals surface area (Å²) >= 11 is 8.24. The van der Waals surface area contributed by atoms with Crippen LogP contribution in [-0.2, 0) is 25.5 Å². The number of halogens is 1. The molecule has 12 heteroatoms. The van der Waals surface area contributed by atoms with E-state index in [0.29, 0.717) is 37.1 Å². The Kier molecular flexibility index (Phi) is 12.4. The number of thiophene rings is 1. The molecule has 2 aliphatic rings. The second kappa shape index (κ2) is 15.6. The Balaban J connectivity index is 1.55. The highest BCUT2D eigenvalue weighted by atomic mass is 35.5. The fourth-order valence-electron chi connectivity index (χ4n) is 6.05. The lowest BCUT2D eigenvalue weighted by Gasteiger charge is -2.40. The minimum absolute atomic E-state index is 0.0619. The highest BCUT2D eigenvalue weighted by Gasteiger charge is 2.53. The Morgan fingerprint density at radius 3 is 2.56 bits per heavy atom. The van der Waals surface area contributed by atoms with E-state index >= 15 is 0 Å². The molecule has 2 unspecified atom stereocenters. The maximum absolute atomic E-state index is 13.4. The molecule has 4 rings (SSSR count). The summed E-state index contributed by atoms with van der Waals surface area (Å²) in [5.41, 5.74) is -0.991. The molecule has 45 heavy (non-hydrogen) atoms. The second-order valence-electron chi connectivity index (χ2n) is 12.3. The van der Waals surface area contributed by atoms with E-state index in [-0.39, 0.29) is 12.2 Å². The average molecular weight is 667 g/mol. The average Bonchev–Trinajstić information content (AvgIpc) is 3.41. The number of allylic oxidation sites excluding steroid dienone is 2. The summed E-state index contributed by atoms with van der Waals surface area (Å²) in [6.45, 7) is 2.82. The minimum atomic E-state index is -1.61. The van der Waals surface area contributed by atoms with Crippen molar-refractivity contribution >= 4 is 44.8 Å². The number of carbonyl (C=O) groups is 2. The standard InChI is InChI=1S/C33H43ClO10S/c1-33(2)30(41)19(9-5-3-4-6-12-25(36)37)20(31(33)42)15-13-18(43-32-29(40)28(39)27(38)22(17-35)44-32)14-16-24-26(34)21-10-7-8-11-23(21)45-24/h3,5,7-8,10-11,13,15,18-20,22,27-29,31-32,35,38-40,42H,4,6,9,12,14,16-17H2,1-2H3,(H,36,37)/b5-3-,15-13+/t18?,19-,20-,22-,27-,28+,29-,31+,32?/m1/s1. The smallest absolute Gasteiger partial charge is 0.303 e. The topological polar surface area (TPSA) is 174 Å². The van der Waals surface area contributed by atoms with Crippen molar-refractivity contribution in [3.8, 4) is 0 Å². The molecule has 2 heterocycles. The first kappa shape index (κ1) is 35.7. The molecular weight excluding hydrogens is 624 g/mol. The van der Waals surface area contributed by atoms with E-state index < -0.39 is 72.7 Å². The summed E-state index contributed by atoms with van der Waals surface area (Å²) in [4.78, 5) is 25.1. The van der Waals surface area contributed by atoms with Crippen LogP contribution in [0.1, 0.15) is 50.8 Å². The summed E-state index contributed by atoms with van der Waals surface area (Å²) in [5, 5.41) is 62.5. The van der Waals surface area contributed by atoms with Gasteiger partial charge in [-0.15, -0.1) is 11.3 Å². The summed E-state index contributed by atoms with van der Waals surface area (Å²) in [5.74, 6) is -2.01. The van der Waals surface area contributed by atoms with Crippen molar-refractivity contribution in [1.29, 1.82) is 0 Å². The van der Waals surface area contributed by atoms with Crippen LogP contribution in [0.3, 0.4) is 0 Å². The molecule has 6 N–H and O–H groups in total. The first-order valence-electron chi connectivity index (χ1n) is 15.3. The molecule has 248 valence electrons. The molecule has 0 radical (unpaired) electrons. The van der Waals surface area contributed by atoms with Crippen LogP contribution in [0.25, 0.3) is 10.1 Å². The summed E-state index contributed by atoms with van der Waals surface area (Å²) < 4.78 is 12.8. The number of aliphatic carboxylic acids is 1. The van der Waals surface area contributed by atoms with E-state index in [1.165, 1.54) is 0 Å². The molecule has 2 fully saturated rings. The van der Waals surface area contributed by atoms with Gasteiger partial charge in [0.15, 0.2) is 6.29 Å². The fraction of sp³-hybridized carbons (Fsp3) is 0.576. The normalized spacial score (nSPS) is 31.0. The SMILES string of the molecule is CC1(C)C(=O)[C@H](C/C=C\CCCC(=O)O)[C@@H](/C=C/C(CCc2sc3ccccc3c2Cl)OC2O[C@H](CO)[C@@H](O)[C@H](O)[C@H]2O)[C@@H]1O. The van der Waals surface area contributed by atoms with Crippen molar-refractivity contribution in [2.45, 2.75) is 95.3 Å². The Bertz CT molecular complexity index is 1370. The van der Waals surface area contributed by atoms with Gasteiger partial charge in [-0.2, -0.15) is 0 Å². The van der Waals surface area contributed by atoms with E-state index in [2.05, 4.69) is 0 Å². The molecule has 1 aromatic heterocycles. The number of rotatable bonds is 14. The number of aliphatic hydroxyl groups excluding tert-OH is 5. The number of carbonyl (C=O) groups excluding carboxylic acids is 1. The van der Waals surface area contributed by atoms with E-state index in [0.717, 1.165) is 15.0 Å². The third-order valence-electron chi connectivity index (χ3n) is 8.82. The van der Waals surface area contributed by atoms with Gasteiger partial charge in [0.1, 0.15) is 30.2 Å². The van der Waals surface area contributed by atoms with Crippen LogP contribution in [-0.4, -0.2) is 91.9 Å². The zero-order valence-electron chi connectivity index (χ0n) is 25.4. The van der Waals surface area contributed by atoms with Gasteiger partial charge >= 0.3 is 5.97 Å². The summed E-state index contributed by atoms with van der Waals surface area (Å²) in [6, 6.07) is 7.78. The molecule has 1 saturated heterocycles. The molecular formula is C33H43ClO10S. The molecule has 1 aliphatic carbocycles. The van der Waals surface area contributed by atoms with Gasteiger partial charge in [0.25, 0.3) is 0 Å². The lowest BCUT2D eigenvalue weighted by Crippen LogP contribution is -2.59. The van der Waals surface area contributed by atoms with E-state index in [1.54, 1.807) is 37.3 Å². The van der Waals surface area contributed by atoms with E-state index in [4.69, 9.17) is 26.2 Å². The molecule has 1 aliphatic heterocycles. The Labute approximate surface area is 271 Å². The van der Waals surface area contributed by atoms with Crippen LogP contribution in [0.4, 0.5) is 0 Å². The van der Waals surface area contributed by atoms with Crippen LogP contribution in [0, 0.1) is 17.3 Å². The number of carboxylic acid groups (broad SMARTS) is 1. The van der Waals surface area contributed by atoms with E-state index in [1.807, 2.05) is 36.4 Å². The second-order valence-corrected chi connectivity index (χ2v) is 13.9. The lowest BCUT2D eigenvalue weighted by atomic mass is 9.86.